The molecule has 0 saturated heterocycles. The van der Waals surface area contributed by atoms with E-state index < -0.39 is 0 Å². The van der Waals surface area contributed by atoms with Crippen LogP contribution in [0.5, 0.6) is 0 Å². The van der Waals surface area contributed by atoms with Gasteiger partial charge in [-0.05, 0) is 44.7 Å². The first-order chi connectivity index (χ1) is 7.58. The summed E-state index contributed by atoms with van der Waals surface area (Å²) in [6.45, 7) is 4.29. The van der Waals surface area contributed by atoms with Gasteiger partial charge in [0.05, 0.1) is 5.54 Å². The standard InChI is InChI=1S/C13H19N3/c1-13(2,10-8-9-10)16-12(14)15-11-6-4-3-5-7-11/h3-7,10H,8-9H2,1-2H3,(H3,14,15,16). The van der Waals surface area contributed by atoms with Crippen LogP contribution in [-0.4, -0.2) is 11.5 Å². The van der Waals surface area contributed by atoms with Crippen molar-refractivity contribution in [2.75, 3.05) is 5.32 Å². The SMILES string of the molecule is CC(C)(N=C(N)Nc1ccccc1)C1CC1. The van der Waals surface area contributed by atoms with Crippen LogP contribution in [0.1, 0.15) is 26.7 Å². The Morgan fingerprint density at radius 1 is 1.31 bits per heavy atom. The molecule has 0 bridgehead atoms. The number of nitrogens with one attached hydrogen (secondary N) is 1. The number of guanidine groups is 1. The number of aliphatic imine (C=N–C) groups is 1. The van der Waals surface area contributed by atoms with E-state index in [1.54, 1.807) is 0 Å². The van der Waals surface area contributed by atoms with Crippen molar-refractivity contribution < 1.29 is 0 Å². The number of rotatable bonds is 3. The van der Waals surface area contributed by atoms with Gasteiger partial charge in [0.2, 0.25) is 0 Å². The molecule has 0 amide bonds. The molecule has 1 saturated carbocycles. The van der Waals surface area contributed by atoms with Gasteiger partial charge in [0.25, 0.3) is 0 Å². The molecule has 3 heteroatoms. The topological polar surface area (TPSA) is 50.4 Å². The van der Waals surface area contributed by atoms with Crippen LogP contribution < -0.4 is 11.1 Å². The van der Waals surface area contributed by atoms with E-state index >= 15 is 0 Å². The quantitative estimate of drug-likeness (QED) is 0.604. The van der Waals surface area contributed by atoms with Gasteiger partial charge < -0.3 is 11.1 Å². The number of nitrogens with two attached hydrogens (primary N) is 1. The fourth-order valence-corrected chi connectivity index (χ4v) is 1.89. The normalized spacial score (nSPS) is 17.2. The minimum Gasteiger partial charge on any atom is -0.370 e. The van der Waals surface area contributed by atoms with Crippen LogP contribution in [0.15, 0.2) is 35.3 Å². The average molecular weight is 217 g/mol. The Morgan fingerprint density at radius 3 is 2.50 bits per heavy atom. The number of benzene rings is 1. The molecule has 0 atom stereocenters. The molecule has 0 aliphatic heterocycles. The van der Waals surface area contributed by atoms with Crippen molar-refractivity contribution in [1.29, 1.82) is 0 Å². The van der Waals surface area contributed by atoms with Crippen molar-refractivity contribution in [3.63, 3.8) is 0 Å². The van der Waals surface area contributed by atoms with E-state index in [9.17, 15) is 0 Å². The molecule has 3 N–H and O–H groups in total. The molecule has 1 aromatic rings. The molecule has 3 nitrogen and oxygen atoms in total. The molecule has 1 fully saturated rings. The maximum atomic E-state index is 5.90. The van der Waals surface area contributed by atoms with E-state index in [-0.39, 0.29) is 5.54 Å². The lowest BCUT2D eigenvalue weighted by Crippen LogP contribution is -2.30. The predicted molar refractivity (Wildman–Crippen MR) is 68.5 cm³/mol. The highest BCUT2D eigenvalue weighted by Crippen LogP contribution is 2.41. The van der Waals surface area contributed by atoms with Crippen molar-refractivity contribution >= 4 is 11.6 Å². The van der Waals surface area contributed by atoms with Crippen molar-refractivity contribution in [2.45, 2.75) is 32.2 Å². The summed E-state index contributed by atoms with van der Waals surface area (Å²) in [5.74, 6) is 1.20. The number of hydrogen-bond acceptors (Lipinski definition) is 1. The lowest BCUT2D eigenvalue weighted by atomic mass is 10.0. The summed E-state index contributed by atoms with van der Waals surface area (Å²) in [6, 6.07) is 9.88. The molecule has 0 unspecified atom stereocenters. The zero-order valence-corrected chi connectivity index (χ0v) is 9.90. The first-order valence-electron chi connectivity index (χ1n) is 5.75. The summed E-state index contributed by atoms with van der Waals surface area (Å²) >= 11 is 0. The molecule has 1 aliphatic rings. The fraction of sp³-hybridized carbons (Fsp3) is 0.462. The average Bonchev–Trinajstić information content (AvgIpc) is 3.01. The lowest BCUT2D eigenvalue weighted by molar-refractivity contribution is 0.455. The molecule has 0 spiro atoms. The van der Waals surface area contributed by atoms with Crippen LogP contribution >= 0.6 is 0 Å². The zero-order valence-electron chi connectivity index (χ0n) is 9.90. The molecule has 86 valence electrons. The van der Waals surface area contributed by atoms with Crippen molar-refractivity contribution in [3.05, 3.63) is 30.3 Å². The van der Waals surface area contributed by atoms with Crippen molar-refractivity contribution in [3.8, 4) is 0 Å². The summed E-state index contributed by atoms with van der Waals surface area (Å²) in [7, 11) is 0. The molecule has 2 rings (SSSR count). The second kappa shape index (κ2) is 4.16. The van der Waals surface area contributed by atoms with Gasteiger partial charge in [0.15, 0.2) is 5.96 Å². The van der Waals surface area contributed by atoms with Crippen LogP contribution in [0, 0.1) is 5.92 Å². The summed E-state index contributed by atoms with van der Waals surface area (Å²) in [5, 5.41) is 3.11. The van der Waals surface area contributed by atoms with E-state index in [1.807, 2.05) is 30.3 Å². The third-order valence-electron chi connectivity index (χ3n) is 3.03. The fourth-order valence-electron chi connectivity index (χ4n) is 1.89. The molecule has 0 aromatic heterocycles. The van der Waals surface area contributed by atoms with E-state index in [1.165, 1.54) is 12.8 Å². The monoisotopic (exact) mass is 217 g/mol. The van der Waals surface area contributed by atoms with Crippen LogP contribution in [0.4, 0.5) is 5.69 Å². The Labute approximate surface area is 96.8 Å². The highest BCUT2D eigenvalue weighted by Gasteiger charge is 2.37. The molecule has 16 heavy (non-hydrogen) atoms. The molecular formula is C13H19N3. The maximum Gasteiger partial charge on any atom is 0.193 e. The molecule has 0 radical (unpaired) electrons. The first kappa shape index (κ1) is 11.0. The van der Waals surface area contributed by atoms with E-state index in [0.29, 0.717) is 11.9 Å². The Hall–Kier alpha value is -1.51. The van der Waals surface area contributed by atoms with Gasteiger partial charge in [-0.15, -0.1) is 0 Å². The number of nitrogens with zero attached hydrogens (tertiary/aromatic N) is 1. The molecular weight excluding hydrogens is 198 g/mol. The Kier molecular flexibility index (Phi) is 2.86. The van der Waals surface area contributed by atoms with Crippen molar-refractivity contribution in [1.82, 2.24) is 0 Å². The second-order valence-corrected chi connectivity index (χ2v) is 4.92. The lowest BCUT2D eigenvalue weighted by Gasteiger charge is -2.20. The minimum atomic E-state index is -0.0358. The maximum absolute atomic E-state index is 5.90. The van der Waals surface area contributed by atoms with Crippen LogP contribution in [0.25, 0.3) is 0 Å². The van der Waals surface area contributed by atoms with Gasteiger partial charge in [-0.1, -0.05) is 18.2 Å². The number of para-hydroxylation sites is 1. The van der Waals surface area contributed by atoms with Gasteiger partial charge in [0, 0.05) is 5.69 Å². The van der Waals surface area contributed by atoms with Gasteiger partial charge in [-0.2, -0.15) is 0 Å². The van der Waals surface area contributed by atoms with Crippen LogP contribution in [0.2, 0.25) is 0 Å². The van der Waals surface area contributed by atoms with Crippen molar-refractivity contribution in [2.24, 2.45) is 16.6 Å². The Bertz CT molecular complexity index is 377. The van der Waals surface area contributed by atoms with Gasteiger partial charge in [-0.25, -0.2) is 4.99 Å². The summed E-state index contributed by atoms with van der Waals surface area (Å²) in [5.41, 5.74) is 6.84. The van der Waals surface area contributed by atoms with E-state index in [0.717, 1.165) is 5.69 Å². The van der Waals surface area contributed by atoms with Gasteiger partial charge in [-0.3, -0.25) is 0 Å². The molecule has 1 aromatic carbocycles. The van der Waals surface area contributed by atoms with Crippen LogP contribution in [-0.2, 0) is 0 Å². The van der Waals surface area contributed by atoms with E-state index in [2.05, 4.69) is 24.2 Å². The zero-order chi connectivity index (χ0) is 11.6. The Morgan fingerprint density at radius 2 is 1.94 bits per heavy atom. The van der Waals surface area contributed by atoms with Gasteiger partial charge in [0.1, 0.15) is 0 Å². The minimum absolute atomic E-state index is 0.0358. The third kappa shape index (κ3) is 2.75. The number of anilines is 1. The number of hydrogen-bond donors (Lipinski definition) is 2. The first-order valence-corrected chi connectivity index (χ1v) is 5.75. The largest absolute Gasteiger partial charge is 0.370 e. The summed E-state index contributed by atoms with van der Waals surface area (Å²) < 4.78 is 0. The summed E-state index contributed by atoms with van der Waals surface area (Å²) in [4.78, 5) is 4.55. The van der Waals surface area contributed by atoms with Gasteiger partial charge >= 0.3 is 0 Å². The summed E-state index contributed by atoms with van der Waals surface area (Å²) in [6.07, 6.45) is 2.55. The Balaban J connectivity index is 2.02. The highest BCUT2D eigenvalue weighted by molar-refractivity contribution is 5.92. The molecule has 0 heterocycles. The third-order valence-corrected chi connectivity index (χ3v) is 3.03. The van der Waals surface area contributed by atoms with Crippen LogP contribution in [0.3, 0.4) is 0 Å². The second-order valence-electron chi connectivity index (χ2n) is 4.92. The predicted octanol–water partition coefficient (Wildman–Crippen LogP) is 2.60. The highest BCUT2D eigenvalue weighted by atomic mass is 15.1. The molecule has 1 aliphatic carbocycles. The van der Waals surface area contributed by atoms with E-state index in [4.69, 9.17) is 5.73 Å². The smallest absolute Gasteiger partial charge is 0.193 e.